The minimum absolute atomic E-state index is 0.0886. The van der Waals surface area contributed by atoms with Gasteiger partial charge in [0.05, 0.1) is 24.9 Å². The number of hydrogen-bond donors (Lipinski definition) is 2. The number of carbonyl (C=O) groups excluding carboxylic acids is 1. The summed E-state index contributed by atoms with van der Waals surface area (Å²) in [5.41, 5.74) is 1.91. The number of carbonyl (C=O) groups is 1. The van der Waals surface area contributed by atoms with Crippen LogP contribution in [0, 0.1) is 0 Å². The first-order valence-electron chi connectivity index (χ1n) is 9.70. The lowest BCUT2D eigenvalue weighted by Gasteiger charge is -2.31. The highest BCUT2D eigenvalue weighted by atomic mass is 16.5. The van der Waals surface area contributed by atoms with Crippen LogP contribution in [0.5, 0.6) is 0 Å². The van der Waals surface area contributed by atoms with E-state index in [1.165, 1.54) is 0 Å². The van der Waals surface area contributed by atoms with Gasteiger partial charge in [-0.3, -0.25) is 4.90 Å². The van der Waals surface area contributed by atoms with Gasteiger partial charge in [-0.15, -0.1) is 0 Å². The summed E-state index contributed by atoms with van der Waals surface area (Å²) in [6.07, 6.45) is 0. The summed E-state index contributed by atoms with van der Waals surface area (Å²) in [6, 6.07) is 23.8. The normalized spacial score (nSPS) is 15.9. The van der Waals surface area contributed by atoms with Gasteiger partial charge in [-0.25, -0.2) is 4.79 Å². The molecule has 5 heteroatoms. The van der Waals surface area contributed by atoms with E-state index in [1.807, 2.05) is 60.7 Å². The van der Waals surface area contributed by atoms with E-state index in [4.69, 9.17) is 4.74 Å². The van der Waals surface area contributed by atoms with E-state index >= 15 is 0 Å². The van der Waals surface area contributed by atoms with Gasteiger partial charge in [0, 0.05) is 25.0 Å². The van der Waals surface area contributed by atoms with E-state index in [0.717, 1.165) is 54.9 Å². The van der Waals surface area contributed by atoms with Gasteiger partial charge in [-0.2, -0.15) is 0 Å². The maximum Gasteiger partial charge on any atom is 0.319 e. The van der Waals surface area contributed by atoms with Crippen LogP contribution in [-0.2, 0) is 4.74 Å². The van der Waals surface area contributed by atoms with Gasteiger partial charge in [0.1, 0.15) is 0 Å². The van der Waals surface area contributed by atoms with E-state index in [9.17, 15) is 4.79 Å². The fourth-order valence-corrected chi connectivity index (χ4v) is 3.61. The maximum atomic E-state index is 12.8. The number of benzene rings is 3. The first-order chi connectivity index (χ1) is 13.8. The van der Waals surface area contributed by atoms with Crippen molar-refractivity contribution in [1.82, 2.24) is 10.2 Å². The van der Waals surface area contributed by atoms with Crippen molar-refractivity contribution in [2.24, 2.45) is 0 Å². The molecule has 1 heterocycles. The van der Waals surface area contributed by atoms with E-state index in [2.05, 4.69) is 27.7 Å². The average Bonchev–Trinajstić information content (AvgIpc) is 2.75. The molecule has 0 aromatic heterocycles. The molecule has 2 N–H and O–H groups in total. The Morgan fingerprint density at radius 1 is 0.929 bits per heavy atom. The number of morpholine rings is 1. The van der Waals surface area contributed by atoms with Crippen LogP contribution >= 0.6 is 0 Å². The SMILES string of the molecule is O=C(Nc1cccc2ccccc12)NC(CN1CCOCC1)c1ccccc1. The van der Waals surface area contributed by atoms with Crippen molar-refractivity contribution in [2.45, 2.75) is 6.04 Å². The molecule has 3 aromatic rings. The first-order valence-corrected chi connectivity index (χ1v) is 9.70. The second-order valence-electron chi connectivity index (χ2n) is 7.00. The van der Waals surface area contributed by atoms with Crippen LogP contribution in [0.25, 0.3) is 10.8 Å². The zero-order valence-corrected chi connectivity index (χ0v) is 15.8. The monoisotopic (exact) mass is 375 g/mol. The summed E-state index contributed by atoms with van der Waals surface area (Å²) in [4.78, 5) is 15.1. The highest BCUT2D eigenvalue weighted by Crippen LogP contribution is 2.23. The number of nitrogens with zero attached hydrogens (tertiary/aromatic N) is 1. The molecule has 5 nitrogen and oxygen atoms in total. The van der Waals surface area contributed by atoms with Crippen LogP contribution in [0.4, 0.5) is 10.5 Å². The summed E-state index contributed by atoms with van der Waals surface area (Å²) in [5, 5.41) is 8.33. The Kier molecular flexibility index (Phi) is 5.85. The molecule has 0 saturated carbocycles. The summed E-state index contributed by atoms with van der Waals surface area (Å²) < 4.78 is 5.45. The number of rotatable bonds is 5. The zero-order valence-electron chi connectivity index (χ0n) is 15.8. The number of fused-ring (bicyclic) bond motifs is 1. The molecule has 1 fully saturated rings. The largest absolute Gasteiger partial charge is 0.379 e. The number of anilines is 1. The van der Waals surface area contributed by atoms with E-state index < -0.39 is 0 Å². The molecule has 1 saturated heterocycles. The fourth-order valence-electron chi connectivity index (χ4n) is 3.61. The third-order valence-electron chi connectivity index (χ3n) is 5.09. The second kappa shape index (κ2) is 8.87. The molecule has 0 radical (unpaired) electrons. The van der Waals surface area contributed by atoms with Crippen LogP contribution in [0.2, 0.25) is 0 Å². The van der Waals surface area contributed by atoms with Crippen molar-refractivity contribution in [1.29, 1.82) is 0 Å². The third kappa shape index (κ3) is 4.50. The van der Waals surface area contributed by atoms with Crippen LogP contribution in [-0.4, -0.2) is 43.8 Å². The number of urea groups is 1. The van der Waals surface area contributed by atoms with Crippen LogP contribution < -0.4 is 10.6 Å². The molecule has 0 aliphatic carbocycles. The smallest absolute Gasteiger partial charge is 0.319 e. The molecule has 3 aromatic carbocycles. The topological polar surface area (TPSA) is 53.6 Å². The molecule has 28 heavy (non-hydrogen) atoms. The van der Waals surface area contributed by atoms with Crippen LogP contribution in [0.15, 0.2) is 72.8 Å². The highest BCUT2D eigenvalue weighted by molar-refractivity contribution is 6.01. The van der Waals surface area contributed by atoms with E-state index in [1.54, 1.807) is 0 Å². The van der Waals surface area contributed by atoms with Gasteiger partial charge in [0.2, 0.25) is 0 Å². The molecule has 0 spiro atoms. The minimum Gasteiger partial charge on any atom is -0.379 e. The Morgan fingerprint density at radius 2 is 1.64 bits per heavy atom. The van der Waals surface area contributed by atoms with Crippen molar-refractivity contribution in [2.75, 3.05) is 38.2 Å². The summed E-state index contributed by atoms with van der Waals surface area (Å²) >= 11 is 0. The second-order valence-corrected chi connectivity index (χ2v) is 7.00. The molecular formula is C23H25N3O2. The van der Waals surface area contributed by atoms with Gasteiger partial charge in [-0.05, 0) is 17.0 Å². The summed E-state index contributed by atoms with van der Waals surface area (Å²) in [7, 11) is 0. The molecular weight excluding hydrogens is 350 g/mol. The lowest BCUT2D eigenvalue weighted by Crippen LogP contribution is -2.44. The Morgan fingerprint density at radius 3 is 2.46 bits per heavy atom. The third-order valence-corrected chi connectivity index (χ3v) is 5.09. The number of ether oxygens (including phenoxy) is 1. The highest BCUT2D eigenvalue weighted by Gasteiger charge is 2.20. The quantitative estimate of drug-likeness (QED) is 0.708. The molecule has 144 valence electrons. The zero-order chi connectivity index (χ0) is 19.2. The molecule has 0 bridgehead atoms. The predicted molar refractivity (Wildman–Crippen MR) is 113 cm³/mol. The van der Waals surface area contributed by atoms with E-state index in [-0.39, 0.29) is 12.1 Å². The van der Waals surface area contributed by atoms with Gasteiger partial charge in [0.15, 0.2) is 0 Å². The lowest BCUT2D eigenvalue weighted by molar-refractivity contribution is 0.0340. The molecule has 1 atom stereocenters. The van der Waals surface area contributed by atoms with Gasteiger partial charge < -0.3 is 15.4 Å². The molecule has 1 unspecified atom stereocenters. The Balaban J connectivity index is 1.49. The fraction of sp³-hybridized carbons (Fsp3) is 0.261. The van der Waals surface area contributed by atoms with Crippen molar-refractivity contribution >= 4 is 22.5 Å². The molecule has 1 aliphatic rings. The summed E-state index contributed by atoms with van der Waals surface area (Å²) in [5.74, 6) is 0. The van der Waals surface area contributed by atoms with Crippen molar-refractivity contribution in [3.05, 3.63) is 78.4 Å². The van der Waals surface area contributed by atoms with Gasteiger partial charge in [0.25, 0.3) is 0 Å². The van der Waals surface area contributed by atoms with E-state index in [0.29, 0.717) is 0 Å². The minimum atomic E-state index is -0.196. The van der Waals surface area contributed by atoms with Crippen LogP contribution in [0.3, 0.4) is 0 Å². The number of amides is 2. The van der Waals surface area contributed by atoms with Crippen molar-refractivity contribution < 1.29 is 9.53 Å². The Labute approximate surface area is 165 Å². The summed E-state index contributed by atoms with van der Waals surface area (Å²) in [6.45, 7) is 4.01. The first kappa shape index (κ1) is 18.5. The van der Waals surface area contributed by atoms with Crippen LogP contribution in [0.1, 0.15) is 11.6 Å². The standard InChI is InChI=1S/C23H25N3O2/c27-23(24-21-12-6-10-18-7-4-5-11-20(18)21)25-22(19-8-2-1-3-9-19)17-26-13-15-28-16-14-26/h1-12,22H,13-17H2,(H2,24,25,27). The maximum absolute atomic E-state index is 12.8. The number of nitrogens with one attached hydrogen (secondary N) is 2. The molecule has 4 rings (SSSR count). The molecule has 2 amide bonds. The average molecular weight is 375 g/mol. The Hall–Kier alpha value is -2.89. The van der Waals surface area contributed by atoms with Gasteiger partial charge >= 0.3 is 6.03 Å². The number of hydrogen-bond acceptors (Lipinski definition) is 3. The van der Waals surface area contributed by atoms with Crippen molar-refractivity contribution in [3.8, 4) is 0 Å². The predicted octanol–water partition coefficient (Wildman–Crippen LogP) is 4.03. The lowest BCUT2D eigenvalue weighted by atomic mass is 10.1. The van der Waals surface area contributed by atoms with Crippen molar-refractivity contribution in [3.63, 3.8) is 0 Å². The Bertz CT molecular complexity index is 918. The molecule has 1 aliphatic heterocycles. The van der Waals surface area contributed by atoms with Gasteiger partial charge in [-0.1, -0.05) is 66.7 Å².